The third kappa shape index (κ3) is 2.88. The lowest BCUT2D eigenvalue weighted by atomic mass is 9.84. The number of aliphatic carboxylic acids is 1. The number of carboxylic acid groups (broad SMARTS) is 1. The number of hydrogen-bond acceptors (Lipinski definition) is 4. The number of aliphatic hydroxyl groups excluding tert-OH is 2. The maximum Gasteiger partial charge on any atom is 0.317 e. The van der Waals surface area contributed by atoms with Gasteiger partial charge in [-0.25, -0.2) is 4.79 Å². The van der Waals surface area contributed by atoms with Crippen molar-refractivity contribution in [2.45, 2.75) is 25.3 Å². The largest absolute Gasteiger partial charge is 0.481 e. The lowest BCUT2D eigenvalue weighted by Crippen LogP contribution is -2.52. The zero-order valence-corrected chi connectivity index (χ0v) is 11.4. The highest BCUT2D eigenvalue weighted by atomic mass is 16.4. The highest BCUT2D eigenvalue weighted by Gasteiger charge is 2.51. The van der Waals surface area contributed by atoms with E-state index in [1.807, 2.05) is 0 Å². The van der Waals surface area contributed by atoms with E-state index in [9.17, 15) is 14.7 Å². The number of carbonyl (C=O) groups excluding carboxylic acids is 1. The Hall–Kier alpha value is -1.34. The van der Waals surface area contributed by atoms with Gasteiger partial charge >= 0.3 is 12.0 Å². The van der Waals surface area contributed by atoms with Gasteiger partial charge in [0.05, 0.1) is 19.1 Å². The van der Waals surface area contributed by atoms with E-state index in [-0.39, 0.29) is 44.2 Å². The van der Waals surface area contributed by atoms with Crippen molar-refractivity contribution < 1.29 is 24.9 Å². The van der Waals surface area contributed by atoms with Crippen molar-refractivity contribution >= 4 is 12.0 Å². The van der Waals surface area contributed by atoms with Crippen molar-refractivity contribution in [3.05, 3.63) is 0 Å². The monoisotopic (exact) mass is 286 g/mol. The second kappa shape index (κ2) is 6.41. The van der Waals surface area contributed by atoms with Gasteiger partial charge in [-0.05, 0) is 31.1 Å². The Kier molecular flexibility index (Phi) is 4.82. The summed E-state index contributed by atoms with van der Waals surface area (Å²) in [6.07, 6.45) is 2.74. The molecule has 4 N–H and O–H groups in total. The first kappa shape index (κ1) is 15.1. The molecule has 0 aromatic carbocycles. The normalized spacial score (nSPS) is 31.3. The molecule has 7 nitrogen and oxygen atoms in total. The van der Waals surface area contributed by atoms with Crippen LogP contribution in [0.1, 0.15) is 19.3 Å². The lowest BCUT2D eigenvalue weighted by molar-refractivity contribution is -0.144. The number of amides is 2. The van der Waals surface area contributed by atoms with Gasteiger partial charge in [0.15, 0.2) is 0 Å². The summed E-state index contributed by atoms with van der Waals surface area (Å²) in [6.45, 7) is -0.116. The molecule has 7 heteroatoms. The molecule has 114 valence electrons. The Labute approximate surface area is 117 Å². The summed E-state index contributed by atoms with van der Waals surface area (Å²) < 4.78 is 0. The highest BCUT2D eigenvalue weighted by Crippen LogP contribution is 2.48. The van der Waals surface area contributed by atoms with Gasteiger partial charge in [-0.1, -0.05) is 0 Å². The first-order valence-corrected chi connectivity index (χ1v) is 7.08. The maximum atomic E-state index is 12.1. The number of carboxylic acids is 1. The standard InChI is InChI=1S/C13H22N2O5/c16-5-3-15(4-6-17)13(20)14-11-9-2-1-8(7-9)10(11)12(18)19/h8-11,16-17H,1-7H2,(H,14,20)(H,18,19). The number of carbonyl (C=O) groups is 2. The fourth-order valence-electron chi connectivity index (χ4n) is 3.64. The van der Waals surface area contributed by atoms with Gasteiger partial charge in [0.25, 0.3) is 0 Å². The first-order valence-electron chi connectivity index (χ1n) is 7.08. The third-order valence-electron chi connectivity index (χ3n) is 4.52. The molecule has 0 heterocycles. The molecule has 0 aromatic heterocycles. The number of urea groups is 1. The van der Waals surface area contributed by atoms with Crippen LogP contribution < -0.4 is 5.32 Å². The molecule has 0 spiro atoms. The van der Waals surface area contributed by atoms with Crippen molar-refractivity contribution in [1.29, 1.82) is 0 Å². The van der Waals surface area contributed by atoms with Crippen LogP contribution in [0.15, 0.2) is 0 Å². The van der Waals surface area contributed by atoms with Crippen LogP contribution in [0.5, 0.6) is 0 Å². The van der Waals surface area contributed by atoms with Crippen LogP contribution in [-0.2, 0) is 4.79 Å². The van der Waals surface area contributed by atoms with Crippen LogP contribution in [0.4, 0.5) is 4.79 Å². The molecule has 2 saturated carbocycles. The molecule has 4 unspecified atom stereocenters. The van der Waals surface area contributed by atoms with E-state index in [4.69, 9.17) is 10.2 Å². The summed E-state index contributed by atoms with van der Waals surface area (Å²) in [5.74, 6) is -0.969. The molecule has 0 aromatic rings. The molecule has 2 aliphatic rings. The SMILES string of the molecule is O=C(O)C1C2CCC(C2)C1NC(=O)N(CCO)CCO. The van der Waals surface area contributed by atoms with Gasteiger partial charge in [0, 0.05) is 19.1 Å². The van der Waals surface area contributed by atoms with Crippen molar-refractivity contribution in [1.82, 2.24) is 10.2 Å². The van der Waals surface area contributed by atoms with Gasteiger partial charge in [-0.2, -0.15) is 0 Å². The van der Waals surface area contributed by atoms with E-state index in [1.54, 1.807) is 0 Å². The van der Waals surface area contributed by atoms with Crippen LogP contribution in [-0.4, -0.2) is 64.6 Å². The van der Waals surface area contributed by atoms with Crippen LogP contribution in [0, 0.1) is 17.8 Å². The molecule has 2 fully saturated rings. The summed E-state index contributed by atoms with van der Waals surface area (Å²) in [5, 5.41) is 30.0. The number of nitrogens with one attached hydrogen (secondary N) is 1. The Morgan fingerprint density at radius 3 is 2.25 bits per heavy atom. The molecule has 2 aliphatic carbocycles. The number of nitrogens with zero attached hydrogens (tertiary/aromatic N) is 1. The zero-order chi connectivity index (χ0) is 14.7. The van der Waals surface area contributed by atoms with E-state index in [0.717, 1.165) is 19.3 Å². The van der Waals surface area contributed by atoms with Crippen LogP contribution in [0.3, 0.4) is 0 Å². The van der Waals surface area contributed by atoms with Gasteiger partial charge in [0.1, 0.15) is 0 Å². The summed E-state index contributed by atoms with van der Waals surface area (Å²) in [4.78, 5) is 24.8. The van der Waals surface area contributed by atoms with E-state index < -0.39 is 17.9 Å². The minimum Gasteiger partial charge on any atom is -0.481 e. The molecular weight excluding hydrogens is 264 g/mol. The number of aliphatic hydroxyl groups is 2. The number of rotatable bonds is 6. The van der Waals surface area contributed by atoms with Gasteiger partial charge in [-0.15, -0.1) is 0 Å². The van der Waals surface area contributed by atoms with Gasteiger partial charge < -0.3 is 25.5 Å². The molecular formula is C13H22N2O5. The van der Waals surface area contributed by atoms with Crippen molar-refractivity contribution in [2.24, 2.45) is 17.8 Å². The Bertz CT molecular complexity index is 370. The molecule has 2 rings (SSSR count). The summed E-state index contributed by atoms with van der Waals surface area (Å²) in [7, 11) is 0. The smallest absolute Gasteiger partial charge is 0.317 e. The summed E-state index contributed by atoms with van der Waals surface area (Å²) in [5.41, 5.74) is 0. The average molecular weight is 286 g/mol. The second-order valence-electron chi connectivity index (χ2n) is 5.61. The number of fused-ring (bicyclic) bond motifs is 2. The Balaban J connectivity index is 2.00. The van der Waals surface area contributed by atoms with Crippen LogP contribution in [0.25, 0.3) is 0 Å². The quantitative estimate of drug-likeness (QED) is 0.525. The molecule has 2 amide bonds. The topological polar surface area (TPSA) is 110 Å². The van der Waals surface area contributed by atoms with Gasteiger partial charge in [-0.3, -0.25) is 4.79 Å². The predicted octanol–water partition coefficient (Wildman–Crippen LogP) is -0.518. The van der Waals surface area contributed by atoms with Crippen molar-refractivity contribution in [3.63, 3.8) is 0 Å². The van der Waals surface area contributed by atoms with E-state index >= 15 is 0 Å². The summed E-state index contributed by atoms with van der Waals surface area (Å²) in [6, 6.07) is -0.740. The zero-order valence-electron chi connectivity index (χ0n) is 11.4. The fourth-order valence-corrected chi connectivity index (χ4v) is 3.64. The molecule has 20 heavy (non-hydrogen) atoms. The maximum absolute atomic E-state index is 12.1. The minimum absolute atomic E-state index is 0.130. The average Bonchev–Trinajstić information content (AvgIpc) is 2.98. The van der Waals surface area contributed by atoms with E-state index in [1.165, 1.54) is 4.90 Å². The first-order chi connectivity index (χ1) is 9.58. The predicted molar refractivity (Wildman–Crippen MR) is 70.0 cm³/mol. The molecule has 0 saturated heterocycles. The highest BCUT2D eigenvalue weighted by molar-refractivity contribution is 5.77. The van der Waals surface area contributed by atoms with Crippen molar-refractivity contribution in [2.75, 3.05) is 26.3 Å². The minimum atomic E-state index is -0.849. The van der Waals surface area contributed by atoms with Crippen molar-refractivity contribution in [3.8, 4) is 0 Å². The van der Waals surface area contributed by atoms with Gasteiger partial charge in [0.2, 0.25) is 0 Å². The van der Waals surface area contributed by atoms with E-state index in [0.29, 0.717) is 0 Å². The van der Waals surface area contributed by atoms with Crippen LogP contribution >= 0.6 is 0 Å². The molecule has 4 atom stereocenters. The fraction of sp³-hybridized carbons (Fsp3) is 0.846. The third-order valence-corrected chi connectivity index (χ3v) is 4.52. The molecule has 0 radical (unpaired) electrons. The lowest BCUT2D eigenvalue weighted by Gasteiger charge is -2.31. The number of hydrogen-bond donors (Lipinski definition) is 4. The van der Waals surface area contributed by atoms with E-state index in [2.05, 4.69) is 5.32 Å². The second-order valence-corrected chi connectivity index (χ2v) is 5.61. The Morgan fingerprint density at radius 1 is 1.10 bits per heavy atom. The molecule has 2 bridgehead atoms. The van der Waals surface area contributed by atoms with Crippen LogP contribution in [0.2, 0.25) is 0 Å². The Morgan fingerprint density at radius 2 is 1.70 bits per heavy atom. The summed E-state index contributed by atoms with van der Waals surface area (Å²) >= 11 is 0. The molecule has 0 aliphatic heterocycles.